The lowest BCUT2D eigenvalue weighted by atomic mass is 9.93. The lowest BCUT2D eigenvalue weighted by Gasteiger charge is -2.38. The lowest BCUT2D eigenvalue weighted by Crippen LogP contribution is -2.49. The molecule has 1 saturated heterocycles. The highest BCUT2D eigenvalue weighted by molar-refractivity contribution is 5.82. The number of para-hydroxylation sites is 1. The lowest BCUT2D eigenvalue weighted by molar-refractivity contribution is -0.134. The molecule has 0 bridgehead atoms. The molecule has 1 atom stereocenters. The predicted molar refractivity (Wildman–Crippen MR) is 111 cm³/mol. The smallest absolute Gasteiger partial charge is 0.225 e. The maximum atomic E-state index is 13.0. The first kappa shape index (κ1) is 18.3. The Morgan fingerprint density at radius 2 is 1.61 bits per heavy atom. The third-order valence-corrected chi connectivity index (χ3v) is 5.59. The quantitative estimate of drug-likeness (QED) is 0.827. The van der Waals surface area contributed by atoms with E-state index in [-0.39, 0.29) is 17.9 Å². The molecule has 4 rings (SSSR count). The summed E-state index contributed by atoms with van der Waals surface area (Å²) in [6.45, 7) is 4.62. The molecule has 28 heavy (non-hydrogen) atoms. The van der Waals surface area contributed by atoms with Crippen molar-refractivity contribution in [1.82, 2.24) is 9.80 Å². The van der Waals surface area contributed by atoms with Crippen molar-refractivity contribution in [3.05, 3.63) is 71.9 Å². The van der Waals surface area contributed by atoms with Crippen molar-refractivity contribution < 1.29 is 9.59 Å². The zero-order chi connectivity index (χ0) is 19.5. The fourth-order valence-corrected chi connectivity index (χ4v) is 4.06. The number of rotatable bonds is 3. The van der Waals surface area contributed by atoms with E-state index < -0.39 is 0 Å². The number of fused-ring (bicyclic) bond motifs is 1. The highest BCUT2D eigenvalue weighted by Gasteiger charge is 2.30. The Hall–Kier alpha value is -3.08. The molecule has 5 heteroatoms. The summed E-state index contributed by atoms with van der Waals surface area (Å²) >= 11 is 0. The number of hydrogen-bond donors (Lipinski definition) is 0. The van der Waals surface area contributed by atoms with Gasteiger partial charge in [-0.05, 0) is 29.3 Å². The van der Waals surface area contributed by atoms with E-state index in [9.17, 15) is 9.59 Å². The van der Waals surface area contributed by atoms with Crippen LogP contribution in [0, 0.1) is 0 Å². The summed E-state index contributed by atoms with van der Waals surface area (Å²) < 4.78 is 0. The molecular weight excluding hydrogens is 350 g/mol. The van der Waals surface area contributed by atoms with Crippen LogP contribution in [-0.4, -0.2) is 47.8 Å². The molecule has 2 aliphatic rings. The van der Waals surface area contributed by atoms with Crippen molar-refractivity contribution in [3.63, 3.8) is 0 Å². The number of nitrogens with zero attached hydrogens (tertiary/aromatic N) is 3. The third kappa shape index (κ3) is 3.65. The van der Waals surface area contributed by atoms with E-state index >= 15 is 0 Å². The van der Waals surface area contributed by atoms with Crippen LogP contribution >= 0.6 is 0 Å². The number of hydrogen-bond acceptors (Lipinski definition) is 3. The van der Waals surface area contributed by atoms with Gasteiger partial charge in [0.25, 0.3) is 0 Å². The molecule has 0 aliphatic carbocycles. The van der Waals surface area contributed by atoms with Gasteiger partial charge < -0.3 is 14.7 Å². The minimum absolute atomic E-state index is 0.0440. The maximum Gasteiger partial charge on any atom is 0.225 e. The van der Waals surface area contributed by atoms with Crippen LogP contribution in [0.1, 0.15) is 30.5 Å². The molecule has 0 aromatic heterocycles. The van der Waals surface area contributed by atoms with Crippen LogP contribution in [-0.2, 0) is 9.59 Å². The average Bonchev–Trinajstić information content (AvgIpc) is 2.74. The minimum atomic E-state index is -0.238. The molecule has 5 nitrogen and oxygen atoms in total. The zero-order valence-electron chi connectivity index (χ0n) is 16.1. The Morgan fingerprint density at radius 3 is 2.32 bits per heavy atom. The third-order valence-electron chi connectivity index (χ3n) is 5.59. The van der Waals surface area contributed by atoms with Gasteiger partial charge >= 0.3 is 0 Å². The molecule has 2 aromatic rings. The van der Waals surface area contributed by atoms with Gasteiger partial charge in [-0.1, -0.05) is 42.5 Å². The molecule has 0 spiro atoms. The van der Waals surface area contributed by atoms with Gasteiger partial charge in [-0.2, -0.15) is 0 Å². The van der Waals surface area contributed by atoms with Crippen molar-refractivity contribution in [3.8, 4) is 0 Å². The number of carbonyl (C=O) groups is 2. The summed E-state index contributed by atoms with van der Waals surface area (Å²) in [6, 6.07) is 18.1. The Morgan fingerprint density at radius 1 is 0.929 bits per heavy atom. The summed E-state index contributed by atoms with van der Waals surface area (Å²) in [6.07, 6.45) is 4.05. The maximum absolute atomic E-state index is 13.0. The Kier molecular flexibility index (Phi) is 5.15. The van der Waals surface area contributed by atoms with E-state index in [0.29, 0.717) is 19.5 Å². The van der Waals surface area contributed by atoms with Gasteiger partial charge in [-0.3, -0.25) is 9.59 Å². The topological polar surface area (TPSA) is 43.9 Å². The van der Waals surface area contributed by atoms with Crippen LogP contribution in [0.2, 0.25) is 0 Å². The van der Waals surface area contributed by atoms with Crippen molar-refractivity contribution in [1.29, 1.82) is 0 Å². The molecule has 1 unspecified atom stereocenters. The molecule has 2 amide bonds. The largest absolute Gasteiger partial charge is 0.368 e. The molecule has 2 aliphatic heterocycles. The predicted octanol–water partition coefficient (Wildman–Crippen LogP) is 3.30. The normalized spacial score (nSPS) is 18.8. The standard InChI is InChI=1S/C23H25N3O2/c1-18(27)26-12-11-19-7-5-6-10-21(19)22(26)17-23(28)25-15-13-24(14-16-25)20-8-3-2-4-9-20/h2-12,22H,13-17H2,1H3. The molecule has 144 valence electrons. The van der Waals surface area contributed by atoms with Gasteiger partial charge in [0.05, 0.1) is 12.5 Å². The number of benzene rings is 2. The summed E-state index contributed by atoms with van der Waals surface area (Å²) in [5.41, 5.74) is 3.31. The van der Waals surface area contributed by atoms with E-state index in [1.807, 2.05) is 53.4 Å². The highest BCUT2D eigenvalue weighted by atomic mass is 16.2. The van der Waals surface area contributed by atoms with Gasteiger partial charge in [0.1, 0.15) is 0 Å². The second-order valence-electron chi connectivity index (χ2n) is 7.29. The molecular formula is C23H25N3O2. The molecule has 0 radical (unpaired) electrons. The SMILES string of the molecule is CC(=O)N1C=Cc2ccccc2C1CC(=O)N1CCN(c2ccccc2)CC1. The first-order chi connectivity index (χ1) is 13.6. The first-order valence-electron chi connectivity index (χ1n) is 9.77. The van der Waals surface area contributed by atoms with Crippen LogP contribution in [0.25, 0.3) is 6.08 Å². The zero-order valence-corrected chi connectivity index (χ0v) is 16.1. The summed E-state index contributed by atoms with van der Waals surface area (Å²) in [7, 11) is 0. The Balaban J connectivity index is 1.44. The first-order valence-corrected chi connectivity index (χ1v) is 9.77. The summed E-state index contributed by atoms with van der Waals surface area (Å²) in [5, 5.41) is 0. The molecule has 0 saturated carbocycles. The van der Waals surface area contributed by atoms with E-state index in [1.165, 1.54) is 5.69 Å². The van der Waals surface area contributed by atoms with Gasteiger partial charge in [0.15, 0.2) is 0 Å². The van der Waals surface area contributed by atoms with Gasteiger partial charge in [-0.15, -0.1) is 0 Å². The summed E-state index contributed by atoms with van der Waals surface area (Å²) in [4.78, 5) is 31.1. The average molecular weight is 375 g/mol. The van der Waals surface area contributed by atoms with E-state index in [2.05, 4.69) is 17.0 Å². The van der Waals surface area contributed by atoms with Gasteiger partial charge in [-0.25, -0.2) is 0 Å². The van der Waals surface area contributed by atoms with Crippen molar-refractivity contribution in [2.45, 2.75) is 19.4 Å². The van der Waals surface area contributed by atoms with Crippen LogP contribution < -0.4 is 4.90 Å². The molecule has 1 fully saturated rings. The highest BCUT2D eigenvalue weighted by Crippen LogP contribution is 2.33. The van der Waals surface area contributed by atoms with Gasteiger partial charge in [0.2, 0.25) is 11.8 Å². The number of amides is 2. The van der Waals surface area contributed by atoms with Crippen molar-refractivity contribution in [2.24, 2.45) is 0 Å². The Bertz CT molecular complexity index is 886. The fourth-order valence-electron chi connectivity index (χ4n) is 4.06. The van der Waals surface area contributed by atoms with Gasteiger partial charge in [0, 0.05) is 45.0 Å². The van der Waals surface area contributed by atoms with E-state index in [4.69, 9.17) is 0 Å². The summed E-state index contributed by atoms with van der Waals surface area (Å²) in [5.74, 6) is 0.0616. The number of carbonyl (C=O) groups excluding carboxylic acids is 2. The fraction of sp³-hybridized carbons (Fsp3) is 0.304. The van der Waals surface area contributed by atoms with E-state index in [1.54, 1.807) is 18.0 Å². The number of piperazine rings is 1. The van der Waals surface area contributed by atoms with E-state index in [0.717, 1.165) is 24.2 Å². The van der Waals surface area contributed by atoms with Crippen LogP contribution in [0.3, 0.4) is 0 Å². The molecule has 2 aromatic carbocycles. The second-order valence-corrected chi connectivity index (χ2v) is 7.29. The monoisotopic (exact) mass is 375 g/mol. The molecule has 2 heterocycles. The van der Waals surface area contributed by atoms with Crippen molar-refractivity contribution in [2.75, 3.05) is 31.1 Å². The van der Waals surface area contributed by atoms with Crippen LogP contribution in [0.4, 0.5) is 5.69 Å². The van der Waals surface area contributed by atoms with Crippen molar-refractivity contribution >= 4 is 23.6 Å². The number of anilines is 1. The minimum Gasteiger partial charge on any atom is -0.368 e. The molecule has 0 N–H and O–H groups in total. The van der Waals surface area contributed by atoms with Crippen LogP contribution in [0.5, 0.6) is 0 Å². The Labute approximate surface area is 165 Å². The van der Waals surface area contributed by atoms with Crippen LogP contribution in [0.15, 0.2) is 60.8 Å². The second kappa shape index (κ2) is 7.89.